The maximum absolute atomic E-state index is 6.31. The summed E-state index contributed by atoms with van der Waals surface area (Å²) in [6.07, 6.45) is 6.49. The van der Waals surface area contributed by atoms with Crippen molar-refractivity contribution in [2.24, 2.45) is 11.1 Å². The lowest BCUT2D eigenvalue weighted by Gasteiger charge is -2.34. The van der Waals surface area contributed by atoms with Gasteiger partial charge in [-0.1, -0.05) is 43.3 Å². The third-order valence-electron chi connectivity index (χ3n) is 7.62. The van der Waals surface area contributed by atoms with Crippen LogP contribution in [0.15, 0.2) is 66.7 Å². The molecule has 1 saturated heterocycles. The fourth-order valence-electron chi connectivity index (χ4n) is 5.12. The van der Waals surface area contributed by atoms with Crippen LogP contribution in [0.25, 0.3) is 11.1 Å². The summed E-state index contributed by atoms with van der Waals surface area (Å²) in [6.45, 7) is 7.10. The number of hydrogen-bond donors (Lipinski definition) is 1. The lowest BCUT2D eigenvalue weighted by molar-refractivity contribution is 0.303. The summed E-state index contributed by atoms with van der Waals surface area (Å²) in [5.41, 5.74) is 14.3. The van der Waals surface area contributed by atoms with E-state index in [4.69, 9.17) is 10.5 Å². The Hall–Kier alpha value is -2.78. The Kier molecular flexibility index (Phi) is 6.16. The van der Waals surface area contributed by atoms with Crippen LogP contribution in [0.1, 0.15) is 62.3 Å². The molecule has 3 heteroatoms. The lowest BCUT2D eigenvalue weighted by atomic mass is 9.92. The first-order chi connectivity index (χ1) is 16.0. The van der Waals surface area contributed by atoms with Crippen molar-refractivity contribution < 1.29 is 4.74 Å². The molecule has 3 aromatic rings. The van der Waals surface area contributed by atoms with Crippen molar-refractivity contribution in [2.45, 2.75) is 58.6 Å². The Bertz CT molecular complexity index is 1110. The largest absolute Gasteiger partial charge is 0.489 e. The normalized spacial score (nSPS) is 17.7. The molecule has 1 aliphatic heterocycles. The maximum atomic E-state index is 6.31. The molecule has 1 aliphatic carbocycles. The van der Waals surface area contributed by atoms with Gasteiger partial charge in [0.25, 0.3) is 0 Å². The molecule has 172 valence electrons. The minimum atomic E-state index is 0.0262. The van der Waals surface area contributed by atoms with Crippen molar-refractivity contribution in [2.75, 3.05) is 18.0 Å². The van der Waals surface area contributed by atoms with Gasteiger partial charge in [-0.2, -0.15) is 0 Å². The Morgan fingerprint density at radius 3 is 2.42 bits per heavy atom. The molecule has 0 amide bonds. The molecule has 2 aliphatic rings. The summed E-state index contributed by atoms with van der Waals surface area (Å²) < 4.78 is 6.31. The SMILES string of the molecule is CCc1ccccc1OCc1cc(-c2cccc(C(C)N)c2)cc(N2CCC3(CC2)CC3)c1. The number of anilines is 1. The first kappa shape index (κ1) is 22.0. The highest BCUT2D eigenvalue weighted by Gasteiger charge is 2.44. The molecule has 1 unspecified atom stereocenters. The fourth-order valence-corrected chi connectivity index (χ4v) is 5.12. The molecule has 0 bridgehead atoms. The van der Waals surface area contributed by atoms with Crippen molar-refractivity contribution in [3.63, 3.8) is 0 Å². The van der Waals surface area contributed by atoms with Crippen LogP contribution in [-0.4, -0.2) is 13.1 Å². The number of piperidine rings is 1. The molecular formula is C30H36N2O. The van der Waals surface area contributed by atoms with Gasteiger partial charge in [0, 0.05) is 24.8 Å². The third kappa shape index (κ3) is 4.94. The van der Waals surface area contributed by atoms with E-state index in [9.17, 15) is 0 Å². The molecule has 2 N–H and O–H groups in total. The molecule has 1 spiro atoms. The summed E-state index contributed by atoms with van der Waals surface area (Å²) in [4.78, 5) is 2.58. The molecule has 1 atom stereocenters. The van der Waals surface area contributed by atoms with E-state index in [2.05, 4.69) is 78.6 Å². The van der Waals surface area contributed by atoms with Crippen LogP contribution in [-0.2, 0) is 13.0 Å². The second-order valence-corrected chi connectivity index (χ2v) is 10.0. The molecule has 1 heterocycles. The smallest absolute Gasteiger partial charge is 0.122 e. The van der Waals surface area contributed by atoms with Crippen LogP contribution in [0.2, 0.25) is 0 Å². The van der Waals surface area contributed by atoms with Crippen LogP contribution >= 0.6 is 0 Å². The van der Waals surface area contributed by atoms with E-state index in [0.29, 0.717) is 12.0 Å². The summed E-state index contributed by atoms with van der Waals surface area (Å²) in [6, 6.07) is 24.0. The topological polar surface area (TPSA) is 38.5 Å². The van der Waals surface area contributed by atoms with Crippen LogP contribution in [0.3, 0.4) is 0 Å². The van der Waals surface area contributed by atoms with Gasteiger partial charge >= 0.3 is 0 Å². The van der Waals surface area contributed by atoms with Crippen LogP contribution in [0.5, 0.6) is 5.75 Å². The summed E-state index contributed by atoms with van der Waals surface area (Å²) >= 11 is 0. The third-order valence-corrected chi connectivity index (χ3v) is 7.62. The van der Waals surface area contributed by atoms with Gasteiger partial charge in [-0.25, -0.2) is 0 Å². The molecule has 0 aromatic heterocycles. The molecule has 3 nitrogen and oxygen atoms in total. The van der Waals surface area contributed by atoms with Crippen molar-refractivity contribution in [3.8, 4) is 16.9 Å². The number of ether oxygens (including phenoxy) is 1. The predicted octanol–water partition coefficient (Wildman–Crippen LogP) is 6.90. The number of para-hydroxylation sites is 1. The van der Waals surface area contributed by atoms with E-state index < -0.39 is 0 Å². The Labute approximate surface area is 198 Å². The highest BCUT2D eigenvalue weighted by molar-refractivity contribution is 5.70. The highest BCUT2D eigenvalue weighted by atomic mass is 16.5. The number of benzene rings is 3. The average Bonchev–Trinajstić information content (AvgIpc) is 3.61. The van der Waals surface area contributed by atoms with Gasteiger partial charge in [0.15, 0.2) is 0 Å². The minimum absolute atomic E-state index is 0.0262. The molecule has 1 saturated carbocycles. The van der Waals surface area contributed by atoms with Gasteiger partial charge in [0.05, 0.1) is 0 Å². The van der Waals surface area contributed by atoms with Gasteiger partial charge in [0.1, 0.15) is 12.4 Å². The fraction of sp³-hybridized carbons (Fsp3) is 0.400. The van der Waals surface area contributed by atoms with Gasteiger partial charge in [0.2, 0.25) is 0 Å². The zero-order valence-electron chi connectivity index (χ0n) is 20.0. The molecular weight excluding hydrogens is 404 g/mol. The lowest BCUT2D eigenvalue weighted by Crippen LogP contribution is -2.34. The van der Waals surface area contributed by atoms with Crippen molar-refractivity contribution in [1.29, 1.82) is 0 Å². The van der Waals surface area contributed by atoms with Gasteiger partial charge in [-0.05, 0) is 103 Å². The van der Waals surface area contributed by atoms with E-state index in [1.54, 1.807) is 0 Å². The van der Waals surface area contributed by atoms with E-state index in [1.165, 1.54) is 59.2 Å². The zero-order chi connectivity index (χ0) is 22.8. The van der Waals surface area contributed by atoms with E-state index in [-0.39, 0.29) is 6.04 Å². The second-order valence-electron chi connectivity index (χ2n) is 10.0. The van der Waals surface area contributed by atoms with Crippen LogP contribution < -0.4 is 15.4 Å². The number of nitrogens with two attached hydrogens (primary N) is 1. The molecule has 0 radical (unpaired) electrons. The number of nitrogens with zero attached hydrogens (tertiary/aromatic N) is 1. The van der Waals surface area contributed by atoms with Gasteiger partial charge in [-0.3, -0.25) is 0 Å². The van der Waals surface area contributed by atoms with Crippen molar-refractivity contribution in [3.05, 3.63) is 83.4 Å². The summed E-state index contributed by atoms with van der Waals surface area (Å²) in [5.74, 6) is 0.986. The zero-order valence-corrected chi connectivity index (χ0v) is 20.0. The molecule has 2 fully saturated rings. The number of rotatable bonds is 7. The molecule has 5 rings (SSSR count). The van der Waals surface area contributed by atoms with Crippen molar-refractivity contribution in [1.82, 2.24) is 0 Å². The Balaban J connectivity index is 1.45. The maximum Gasteiger partial charge on any atom is 0.122 e. The summed E-state index contributed by atoms with van der Waals surface area (Å²) in [5, 5.41) is 0. The van der Waals surface area contributed by atoms with Gasteiger partial charge in [-0.15, -0.1) is 0 Å². The second kappa shape index (κ2) is 9.23. The van der Waals surface area contributed by atoms with E-state index >= 15 is 0 Å². The Morgan fingerprint density at radius 1 is 0.909 bits per heavy atom. The standard InChI is InChI=1S/C30H36N2O/c1-3-24-7-4-5-10-29(24)33-21-23-17-27(26-9-6-8-25(19-26)22(2)31)20-28(18-23)32-15-13-30(11-12-30)14-16-32/h4-10,17-20,22H,3,11-16,21,31H2,1-2H3. The first-order valence-electron chi connectivity index (χ1n) is 12.5. The number of aryl methyl sites for hydroxylation is 1. The van der Waals surface area contributed by atoms with Crippen LogP contribution in [0.4, 0.5) is 5.69 Å². The van der Waals surface area contributed by atoms with E-state index in [0.717, 1.165) is 25.3 Å². The number of hydrogen-bond acceptors (Lipinski definition) is 3. The van der Waals surface area contributed by atoms with Crippen LogP contribution in [0, 0.1) is 5.41 Å². The van der Waals surface area contributed by atoms with E-state index in [1.807, 2.05) is 6.92 Å². The van der Waals surface area contributed by atoms with Gasteiger partial charge < -0.3 is 15.4 Å². The summed E-state index contributed by atoms with van der Waals surface area (Å²) in [7, 11) is 0. The minimum Gasteiger partial charge on any atom is -0.489 e. The highest BCUT2D eigenvalue weighted by Crippen LogP contribution is 2.54. The quantitative estimate of drug-likeness (QED) is 0.434. The molecule has 33 heavy (non-hydrogen) atoms. The van der Waals surface area contributed by atoms with Crippen molar-refractivity contribution >= 4 is 5.69 Å². The first-order valence-corrected chi connectivity index (χ1v) is 12.5. The Morgan fingerprint density at radius 2 is 1.70 bits per heavy atom. The monoisotopic (exact) mass is 440 g/mol. The average molecular weight is 441 g/mol. The predicted molar refractivity (Wildman–Crippen MR) is 138 cm³/mol. The molecule has 3 aromatic carbocycles.